The van der Waals surface area contributed by atoms with Crippen LogP contribution in [0.4, 0.5) is 8.78 Å². The average molecular weight is 182 g/mol. The number of halogens is 2. The van der Waals surface area contributed by atoms with Crippen LogP contribution in [0, 0.1) is 0 Å². The van der Waals surface area contributed by atoms with Gasteiger partial charge in [-0.05, 0) is 6.42 Å². The zero-order chi connectivity index (χ0) is 10.2. The van der Waals surface area contributed by atoms with Crippen LogP contribution in [0.25, 0.3) is 0 Å². The van der Waals surface area contributed by atoms with Crippen LogP contribution in [0.5, 0.6) is 0 Å². The molecule has 0 saturated heterocycles. The summed E-state index contributed by atoms with van der Waals surface area (Å²) >= 11 is 0. The van der Waals surface area contributed by atoms with E-state index in [-0.39, 0.29) is 0 Å². The van der Waals surface area contributed by atoms with Crippen molar-refractivity contribution in [2.24, 2.45) is 0 Å². The summed E-state index contributed by atoms with van der Waals surface area (Å²) in [7, 11) is 1.32. The molecule has 3 heteroatoms. The summed E-state index contributed by atoms with van der Waals surface area (Å²) < 4.78 is 29.5. The number of hydrogen-bond donors (Lipinski definition) is 0. The van der Waals surface area contributed by atoms with Crippen LogP contribution in [-0.2, 0) is 4.74 Å². The Morgan fingerprint density at radius 3 is 1.83 bits per heavy atom. The minimum absolute atomic E-state index is 0.417. The normalized spacial score (nSPS) is 13.2. The Hall–Kier alpha value is -0.180. The summed E-state index contributed by atoms with van der Waals surface area (Å²) in [5, 5.41) is 0. The first-order valence-corrected chi connectivity index (χ1v) is 4.43. The minimum Gasteiger partial charge on any atom is -0.375 e. The first kappa shape index (κ1) is 14.3. The molecule has 0 rings (SSSR count). The van der Waals surface area contributed by atoms with Gasteiger partial charge in [0, 0.05) is 14.0 Å². The molecule has 0 spiro atoms. The largest absolute Gasteiger partial charge is 0.375 e. The highest BCUT2D eigenvalue weighted by Gasteiger charge is 2.32. The highest BCUT2D eigenvalue weighted by atomic mass is 19.3. The third kappa shape index (κ3) is 6.53. The number of alkyl halides is 2. The van der Waals surface area contributed by atoms with Crippen LogP contribution in [0.2, 0.25) is 0 Å². The lowest BCUT2D eigenvalue weighted by Crippen LogP contribution is -2.31. The third-order valence-electron chi connectivity index (χ3n) is 1.40. The van der Waals surface area contributed by atoms with Gasteiger partial charge in [-0.3, -0.25) is 0 Å². The van der Waals surface area contributed by atoms with E-state index < -0.39 is 12.0 Å². The molecule has 1 unspecified atom stereocenters. The molecule has 0 fully saturated rings. The summed E-state index contributed by atoms with van der Waals surface area (Å²) in [4.78, 5) is 0. The lowest BCUT2D eigenvalue weighted by atomic mass is 10.1. The van der Waals surface area contributed by atoms with Crippen LogP contribution in [0.3, 0.4) is 0 Å². The van der Waals surface area contributed by atoms with E-state index in [2.05, 4.69) is 4.74 Å². The van der Waals surface area contributed by atoms with Gasteiger partial charge in [0.15, 0.2) is 0 Å². The van der Waals surface area contributed by atoms with Gasteiger partial charge in [0.05, 0.1) is 0 Å². The average Bonchev–Trinajstić information content (AvgIpc) is 2.02. The maximum Gasteiger partial charge on any atom is 0.270 e. The second-order valence-electron chi connectivity index (χ2n) is 2.47. The van der Waals surface area contributed by atoms with E-state index in [1.807, 2.05) is 20.8 Å². The number of ether oxygens (including phenoxy) is 1. The van der Waals surface area contributed by atoms with E-state index in [0.29, 0.717) is 6.42 Å². The van der Waals surface area contributed by atoms with Gasteiger partial charge < -0.3 is 4.74 Å². The first-order chi connectivity index (χ1) is 5.52. The van der Waals surface area contributed by atoms with Crippen LogP contribution < -0.4 is 0 Å². The van der Waals surface area contributed by atoms with Gasteiger partial charge in [0.1, 0.15) is 6.10 Å². The molecule has 0 N–H and O–H groups in total. The number of hydrogen-bond acceptors (Lipinski definition) is 1. The van der Waals surface area contributed by atoms with E-state index >= 15 is 0 Å². The first-order valence-electron chi connectivity index (χ1n) is 4.43. The Balaban J connectivity index is 0. The van der Waals surface area contributed by atoms with Crippen molar-refractivity contribution in [1.82, 2.24) is 0 Å². The zero-order valence-corrected chi connectivity index (χ0v) is 8.66. The molecule has 1 nitrogen and oxygen atoms in total. The molecular formula is C9H20F2O. The predicted octanol–water partition coefficient (Wildman–Crippen LogP) is 3.48. The van der Waals surface area contributed by atoms with E-state index in [0.717, 1.165) is 13.3 Å². The Morgan fingerprint density at radius 1 is 1.33 bits per heavy atom. The maximum absolute atomic E-state index is 12.4. The van der Waals surface area contributed by atoms with E-state index in [1.165, 1.54) is 7.11 Å². The lowest BCUT2D eigenvalue weighted by Gasteiger charge is -2.20. The lowest BCUT2D eigenvalue weighted by molar-refractivity contribution is -0.113. The summed E-state index contributed by atoms with van der Waals surface area (Å²) in [6.07, 6.45) is 0.222. The Kier molecular flexibility index (Phi) is 8.93. The maximum atomic E-state index is 12.4. The number of methoxy groups -OCH3 is 1. The SMILES string of the molecule is CC.CCCC(OC)C(C)(F)F. The molecule has 0 aromatic heterocycles. The summed E-state index contributed by atoms with van der Waals surface area (Å²) in [6.45, 7) is 6.74. The van der Waals surface area contributed by atoms with E-state index in [9.17, 15) is 8.78 Å². The van der Waals surface area contributed by atoms with Gasteiger partial charge in [-0.1, -0.05) is 27.2 Å². The zero-order valence-electron chi connectivity index (χ0n) is 8.66. The Morgan fingerprint density at radius 2 is 1.75 bits per heavy atom. The second-order valence-corrected chi connectivity index (χ2v) is 2.47. The highest BCUT2D eigenvalue weighted by molar-refractivity contribution is 4.71. The van der Waals surface area contributed by atoms with Crippen molar-refractivity contribution in [2.75, 3.05) is 7.11 Å². The molecular weight excluding hydrogens is 162 g/mol. The van der Waals surface area contributed by atoms with Crippen molar-refractivity contribution >= 4 is 0 Å². The fourth-order valence-electron chi connectivity index (χ4n) is 0.840. The molecule has 0 aromatic rings. The quantitative estimate of drug-likeness (QED) is 0.646. The van der Waals surface area contributed by atoms with Gasteiger partial charge in [-0.25, -0.2) is 8.78 Å². The smallest absolute Gasteiger partial charge is 0.270 e. The molecule has 0 saturated carbocycles. The van der Waals surface area contributed by atoms with Crippen LogP contribution >= 0.6 is 0 Å². The molecule has 0 amide bonds. The predicted molar refractivity (Wildman–Crippen MR) is 47.7 cm³/mol. The summed E-state index contributed by atoms with van der Waals surface area (Å²) in [6, 6.07) is 0. The van der Waals surface area contributed by atoms with Crippen molar-refractivity contribution in [3.05, 3.63) is 0 Å². The third-order valence-corrected chi connectivity index (χ3v) is 1.40. The van der Waals surface area contributed by atoms with Crippen molar-refractivity contribution in [1.29, 1.82) is 0 Å². The fourth-order valence-corrected chi connectivity index (χ4v) is 0.840. The molecule has 0 aliphatic carbocycles. The minimum atomic E-state index is -2.70. The highest BCUT2D eigenvalue weighted by Crippen LogP contribution is 2.22. The Bertz CT molecular complexity index is 89.0. The molecule has 0 radical (unpaired) electrons. The van der Waals surface area contributed by atoms with Gasteiger partial charge in [0.25, 0.3) is 5.92 Å². The fraction of sp³-hybridized carbons (Fsp3) is 1.00. The molecule has 76 valence electrons. The standard InChI is InChI=1S/C7H14F2O.C2H6/c1-4-5-6(10-3)7(2,8)9;1-2/h6H,4-5H2,1-3H3;1-2H3. The van der Waals surface area contributed by atoms with Crippen LogP contribution in [-0.4, -0.2) is 19.1 Å². The van der Waals surface area contributed by atoms with Gasteiger partial charge in [0.2, 0.25) is 0 Å². The van der Waals surface area contributed by atoms with E-state index in [4.69, 9.17) is 0 Å². The van der Waals surface area contributed by atoms with Crippen LogP contribution in [0.1, 0.15) is 40.5 Å². The molecule has 12 heavy (non-hydrogen) atoms. The van der Waals surface area contributed by atoms with Gasteiger partial charge in [-0.15, -0.1) is 0 Å². The molecule has 0 aromatic carbocycles. The van der Waals surface area contributed by atoms with E-state index in [1.54, 1.807) is 0 Å². The van der Waals surface area contributed by atoms with Gasteiger partial charge in [-0.2, -0.15) is 0 Å². The van der Waals surface area contributed by atoms with Crippen molar-refractivity contribution in [2.45, 2.75) is 52.6 Å². The topological polar surface area (TPSA) is 9.23 Å². The van der Waals surface area contributed by atoms with Crippen molar-refractivity contribution in [3.8, 4) is 0 Å². The summed E-state index contributed by atoms with van der Waals surface area (Å²) in [5.41, 5.74) is 0. The number of rotatable bonds is 4. The Labute approximate surface area is 74.1 Å². The van der Waals surface area contributed by atoms with Gasteiger partial charge >= 0.3 is 0 Å². The molecule has 0 aliphatic heterocycles. The second kappa shape index (κ2) is 7.47. The molecule has 0 bridgehead atoms. The molecule has 0 heterocycles. The monoisotopic (exact) mass is 182 g/mol. The van der Waals surface area contributed by atoms with Crippen molar-refractivity contribution in [3.63, 3.8) is 0 Å². The summed E-state index contributed by atoms with van der Waals surface area (Å²) in [5.74, 6) is -2.70. The molecule has 0 aliphatic rings. The van der Waals surface area contributed by atoms with Crippen LogP contribution in [0.15, 0.2) is 0 Å². The van der Waals surface area contributed by atoms with Crippen molar-refractivity contribution < 1.29 is 13.5 Å². The molecule has 1 atom stereocenters.